The average molecular weight is 293 g/mol. The molecule has 0 N–H and O–H groups in total. The van der Waals surface area contributed by atoms with E-state index in [0.29, 0.717) is 11.5 Å². The van der Waals surface area contributed by atoms with Gasteiger partial charge in [0, 0.05) is 6.20 Å². The molecule has 0 fully saturated rings. The third kappa shape index (κ3) is 1.97. The average Bonchev–Trinajstić information content (AvgIpc) is 3.15. The Hall–Kier alpha value is -3.29. The second-order valence-corrected chi connectivity index (χ2v) is 4.71. The van der Waals surface area contributed by atoms with Crippen molar-refractivity contribution in [3.63, 3.8) is 0 Å². The van der Waals surface area contributed by atoms with Gasteiger partial charge in [-0.3, -0.25) is 4.40 Å². The van der Waals surface area contributed by atoms with Crippen LogP contribution in [-0.2, 0) is 6.54 Å². The Labute approximate surface area is 124 Å². The molecule has 8 nitrogen and oxygen atoms in total. The molecule has 0 saturated carbocycles. The summed E-state index contributed by atoms with van der Waals surface area (Å²) < 4.78 is 4.42. The molecule has 4 aromatic rings. The number of nitrogens with zero attached hydrogens (tertiary/aromatic N) is 7. The first-order chi connectivity index (χ1) is 10.8. The van der Waals surface area contributed by atoms with Gasteiger partial charge in [-0.2, -0.15) is 4.68 Å². The number of aromatic nitrogens is 7. The summed E-state index contributed by atoms with van der Waals surface area (Å²) in [6.45, 7) is 0.197. The largest absolute Gasteiger partial charge is 0.350 e. The summed E-state index contributed by atoms with van der Waals surface area (Å²) in [6, 6.07) is 14.9. The molecule has 22 heavy (non-hydrogen) atoms. The van der Waals surface area contributed by atoms with E-state index >= 15 is 0 Å². The third-order valence-corrected chi connectivity index (χ3v) is 3.31. The van der Waals surface area contributed by atoms with Gasteiger partial charge in [-0.05, 0) is 34.7 Å². The van der Waals surface area contributed by atoms with Gasteiger partial charge in [0.15, 0.2) is 11.5 Å². The predicted octanol–water partition coefficient (Wildman–Crippen LogP) is 0.520. The molecule has 3 heterocycles. The maximum atomic E-state index is 12.3. The van der Waals surface area contributed by atoms with Crippen molar-refractivity contribution in [2.45, 2.75) is 6.54 Å². The van der Waals surface area contributed by atoms with Gasteiger partial charge in [0.1, 0.15) is 6.54 Å². The van der Waals surface area contributed by atoms with Crippen LogP contribution in [0.15, 0.2) is 59.5 Å². The maximum absolute atomic E-state index is 12.3. The minimum Gasteiger partial charge on any atom is -0.250 e. The van der Waals surface area contributed by atoms with Crippen LogP contribution in [0, 0.1) is 0 Å². The van der Waals surface area contributed by atoms with Crippen molar-refractivity contribution in [1.82, 2.24) is 34.4 Å². The van der Waals surface area contributed by atoms with Crippen molar-refractivity contribution in [1.29, 1.82) is 0 Å². The van der Waals surface area contributed by atoms with Crippen LogP contribution in [0.25, 0.3) is 11.3 Å². The highest BCUT2D eigenvalue weighted by Crippen LogP contribution is 2.07. The van der Waals surface area contributed by atoms with Crippen molar-refractivity contribution in [3.05, 3.63) is 71.0 Å². The number of hydrogen-bond acceptors (Lipinski definition) is 5. The van der Waals surface area contributed by atoms with Crippen LogP contribution in [-0.4, -0.2) is 34.4 Å². The van der Waals surface area contributed by atoms with Crippen LogP contribution in [0.2, 0.25) is 0 Å². The van der Waals surface area contributed by atoms with Gasteiger partial charge in [-0.1, -0.05) is 24.3 Å². The lowest BCUT2D eigenvalue weighted by Gasteiger charge is -2.03. The lowest BCUT2D eigenvalue weighted by atomic mass is 10.3. The van der Waals surface area contributed by atoms with Crippen molar-refractivity contribution in [3.8, 4) is 5.69 Å². The normalized spacial score (nSPS) is 11.1. The zero-order valence-electron chi connectivity index (χ0n) is 11.4. The minimum absolute atomic E-state index is 0.197. The number of para-hydroxylation sites is 1. The van der Waals surface area contributed by atoms with Gasteiger partial charge >= 0.3 is 5.69 Å². The van der Waals surface area contributed by atoms with Crippen molar-refractivity contribution in [2.24, 2.45) is 0 Å². The van der Waals surface area contributed by atoms with Gasteiger partial charge < -0.3 is 0 Å². The fourth-order valence-corrected chi connectivity index (χ4v) is 2.28. The fraction of sp³-hybridized carbons (Fsp3) is 0.0714. The first-order valence-electron chi connectivity index (χ1n) is 6.70. The summed E-state index contributed by atoms with van der Waals surface area (Å²) in [5.74, 6) is 0.539. The van der Waals surface area contributed by atoms with Crippen LogP contribution < -0.4 is 5.69 Å². The Kier molecular flexibility index (Phi) is 2.78. The molecule has 0 amide bonds. The van der Waals surface area contributed by atoms with E-state index in [1.54, 1.807) is 23.0 Å². The van der Waals surface area contributed by atoms with E-state index in [2.05, 4.69) is 20.6 Å². The maximum Gasteiger partial charge on any atom is 0.350 e. The molecule has 0 radical (unpaired) electrons. The SMILES string of the molecule is O=c1n(Cc2nnnn2-c2ccccc2)nc2ccccn12. The van der Waals surface area contributed by atoms with Crippen LogP contribution in [0.3, 0.4) is 0 Å². The molecule has 0 aliphatic rings. The van der Waals surface area contributed by atoms with Crippen molar-refractivity contribution in [2.75, 3.05) is 0 Å². The molecule has 1 aromatic carbocycles. The van der Waals surface area contributed by atoms with Crippen LogP contribution in [0.5, 0.6) is 0 Å². The van der Waals surface area contributed by atoms with Gasteiger partial charge in [0.25, 0.3) is 0 Å². The van der Waals surface area contributed by atoms with Gasteiger partial charge in [-0.15, -0.1) is 10.2 Å². The zero-order valence-corrected chi connectivity index (χ0v) is 11.4. The second-order valence-electron chi connectivity index (χ2n) is 4.71. The molecule has 0 aliphatic heterocycles. The highest BCUT2D eigenvalue weighted by Gasteiger charge is 2.12. The second kappa shape index (κ2) is 4.92. The van der Waals surface area contributed by atoms with Gasteiger partial charge in [0.05, 0.1) is 5.69 Å². The number of pyridine rings is 1. The monoisotopic (exact) mass is 293 g/mol. The summed E-state index contributed by atoms with van der Waals surface area (Å²) in [4.78, 5) is 12.3. The molecular weight excluding hydrogens is 282 g/mol. The minimum atomic E-state index is -0.224. The Morgan fingerprint density at radius 1 is 1.00 bits per heavy atom. The molecule has 4 rings (SSSR count). The van der Waals surface area contributed by atoms with E-state index in [1.165, 1.54) is 9.08 Å². The quantitative estimate of drug-likeness (QED) is 0.550. The van der Waals surface area contributed by atoms with E-state index in [4.69, 9.17) is 0 Å². The molecule has 0 atom stereocenters. The number of rotatable bonds is 3. The topological polar surface area (TPSA) is 82.9 Å². The lowest BCUT2D eigenvalue weighted by Crippen LogP contribution is -2.23. The summed E-state index contributed by atoms with van der Waals surface area (Å²) >= 11 is 0. The lowest BCUT2D eigenvalue weighted by molar-refractivity contribution is 0.614. The molecule has 3 aromatic heterocycles. The van der Waals surface area contributed by atoms with Crippen LogP contribution >= 0.6 is 0 Å². The predicted molar refractivity (Wildman–Crippen MR) is 77.7 cm³/mol. The van der Waals surface area contributed by atoms with E-state index in [-0.39, 0.29) is 12.2 Å². The smallest absolute Gasteiger partial charge is 0.250 e. The molecule has 0 bridgehead atoms. The molecule has 0 aliphatic carbocycles. The van der Waals surface area contributed by atoms with E-state index in [1.807, 2.05) is 36.4 Å². The fourth-order valence-electron chi connectivity index (χ4n) is 2.28. The Balaban J connectivity index is 1.77. The zero-order chi connectivity index (χ0) is 14.9. The Morgan fingerprint density at radius 2 is 1.82 bits per heavy atom. The third-order valence-electron chi connectivity index (χ3n) is 3.31. The first kappa shape index (κ1) is 12.5. The van der Waals surface area contributed by atoms with E-state index in [0.717, 1.165) is 5.69 Å². The van der Waals surface area contributed by atoms with Crippen LogP contribution in [0.1, 0.15) is 5.82 Å². The molecule has 0 spiro atoms. The summed E-state index contributed by atoms with van der Waals surface area (Å²) in [6.07, 6.45) is 1.68. The van der Waals surface area contributed by atoms with Crippen molar-refractivity contribution >= 4 is 5.65 Å². The Morgan fingerprint density at radius 3 is 2.64 bits per heavy atom. The first-order valence-corrected chi connectivity index (χ1v) is 6.70. The number of benzene rings is 1. The van der Waals surface area contributed by atoms with E-state index in [9.17, 15) is 4.79 Å². The molecular formula is C14H11N7O. The molecule has 0 unspecified atom stereocenters. The molecule has 108 valence electrons. The van der Waals surface area contributed by atoms with Gasteiger partial charge in [0.2, 0.25) is 0 Å². The highest BCUT2D eigenvalue weighted by atomic mass is 16.2. The highest BCUT2D eigenvalue weighted by molar-refractivity contribution is 5.35. The molecule has 8 heteroatoms. The number of fused-ring (bicyclic) bond motifs is 1. The summed E-state index contributed by atoms with van der Waals surface area (Å²) in [5, 5.41) is 15.9. The number of tetrazole rings is 1. The molecule has 0 saturated heterocycles. The van der Waals surface area contributed by atoms with Gasteiger partial charge in [-0.25, -0.2) is 9.48 Å². The van der Waals surface area contributed by atoms with Crippen molar-refractivity contribution < 1.29 is 0 Å². The summed E-state index contributed by atoms with van der Waals surface area (Å²) in [7, 11) is 0. The summed E-state index contributed by atoms with van der Waals surface area (Å²) in [5.41, 5.74) is 1.20. The number of hydrogen-bond donors (Lipinski definition) is 0. The standard InChI is InChI=1S/C14H11N7O/c22-14-19-9-5-4-8-12(19)16-20(14)10-13-15-17-18-21(13)11-6-2-1-3-7-11/h1-9H,10H2. The Bertz CT molecular complexity index is 983. The van der Waals surface area contributed by atoms with E-state index < -0.39 is 0 Å². The van der Waals surface area contributed by atoms with Crippen LogP contribution in [0.4, 0.5) is 0 Å².